The summed E-state index contributed by atoms with van der Waals surface area (Å²) in [5, 5.41) is 0. The lowest BCUT2D eigenvalue weighted by Crippen LogP contribution is -2.42. The maximum atomic E-state index is 2.62. The molecule has 1 fully saturated rings. The first kappa shape index (κ1) is 8.46. The van der Waals surface area contributed by atoms with E-state index in [4.69, 9.17) is 0 Å². The summed E-state index contributed by atoms with van der Waals surface area (Å²) in [7, 11) is 0. The number of nitrogens with zero attached hydrogens (tertiary/aromatic N) is 1. The second-order valence-corrected chi connectivity index (χ2v) is 4.70. The van der Waals surface area contributed by atoms with Crippen molar-refractivity contribution in [2.45, 2.75) is 38.1 Å². The lowest BCUT2D eigenvalue weighted by atomic mass is 9.78. The molecule has 2 unspecified atom stereocenters. The van der Waals surface area contributed by atoms with Crippen molar-refractivity contribution in [2.24, 2.45) is 5.92 Å². The summed E-state index contributed by atoms with van der Waals surface area (Å²) in [5.41, 5.74) is 1.68. The molecule has 2 atom stereocenters. The Labute approximate surface area is 85.8 Å². The van der Waals surface area contributed by atoms with Gasteiger partial charge in [0.15, 0.2) is 6.04 Å². The SMILES string of the molecule is C1=CCC2C(=C1)CC=[N+]1CCCCC21. The Morgan fingerprint density at radius 3 is 3.29 bits per heavy atom. The molecule has 0 amide bonds. The number of piperidine rings is 1. The fraction of sp³-hybridized carbons (Fsp3) is 0.615. The monoisotopic (exact) mass is 188 g/mol. The van der Waals surface area contributed by atoms with E-state index in [1.807, 2.05) is 0 Å². The van der Waals surface area contributed by atoms with Gasteiger partial charge in [0, 0.05) is 25.2 Å². The smallest absolute Gasteiger partial charge is 0.159 e. The molecule has 74 valence electrons. The van der Waals surface area contributed by atoms with Crippen molar-refractivity contribution in [2.75, 3.05) is 6.54 Å². The van der Waals surface area contributed by atoms with Crippen LogP contribution >= 0.6 is 0 Å². The molecule has 3 rings (SSSR count). The Morgan fingerprint density at radius 2 is 2.29 bits per heavy atom. The molecule has 1 saturated heterocycles. The Balaban J connectivity index is 1.92. The van der Waals surface area contributed by atoms with Gasteiger partial charge in [0.25, 0.3) is 0 Å². The van der Waals surface area contributed by atoms with Crippen LogP contribution in [-0.4, -0.2) is 23.4 Å². The Morgan fingerprint density at radius 1 is 1.29 bits per heavy atom. The quantitative estimate of drug-likeness (QED) is 0.514. The third-order valence-corrected chi connectivity index (χ3v) is 3.93. The summed E-state index contributed by atoms with van der Waals surface area (Å²) in [6.07, 6.45) is 16.1. The lowest BCUT2D eigenvalue weighted by molar-refractivity contribution is -0.582. The number of fused-ring (bicyclic) bond motifs is 3. The molecule has 0 radical (unpaired) electrons. The maximum absolute atomic E-state index is 2.62. The standard InChI is InChI=1S/C13H18N/c1-2-6-12-11(5-1)8-10-14-9-4-3-7-13(12)14/h1-2,5,10,12-13H,3-4,6-9H2/q+1. The second kappa shape index (κ2) is 3.38. The number of hydrogen-bond donors (Lipinski definition) is 0. The molecule has 1 heteroatoms. The molecule has 0 aromatic rings. The summed E-state index contributed by atoms with van der Waals surface area (Å²) in [5.74, 6) is 0.838. The van der Waals surface area contributed by atoms with E-state index >= 15 is 0 Å². The van der Waals surface area contributed by atoms with Crippen LogP contribution in [0.4, 0.5) is 0 Å². The highest BCUT2D eigenvalue weighted by Crippen LogP contribution is 2.34. The van der Waals surface area contributed by atoms with Crippen LogP contribution in [0.15, 0.2) is 23.8 Å². The van der Waals surface area contributed by atoms with Crippen molar-refractivity contribution in [3.63, 3.8) is 0 Å². The van der Waals surface area contributed by atoms with Crippen LogP contribution in [0.5, 0.6) is 0 Å². The zero-order valence-electron chi connectivity index (χ0n) is 8.65. The highest BCUT2D eigenvalue weighted by atomic mass is 15.1. The predicted octanol–water partition coefficient (Wildman–Crippen LogP) is 2.53. The average Bonchev–Trinajstić information content (AvgIpc) is 2.29. The minimum Gasteiger partial charge on any atom is -0.236 e. The van der Waals surface area contributed by atoms with Crippen LogP contribution < -0.4 is 0 Å². The van der Waals surface area contributed by atoms with Gasteiger partial charge in [-0.1, -0.05) is 23.8 Å². The third-order valence-electron chi connectivity index (χ3n) is 3.93. The van der Waals surface area contributed by atoms with Gasteiger partial charge >= 0.3 is 0 Å². The Bertz CT molecular complexity index is 322. The second-order valence-electron chi connectivity index (χ2n) is 4.70. The van der Waals surface area contributed by atoms with Gasteiger partial charge in [0.1, 0.15) is 12.8 Å². The van der Waals surface area contributed by atoms with Crippen LogP contribution in [0.25, 0.3) is 0 Å². The first-order valence-electron chi connectivity index (χ1n) is 5.90. The van der Waals surface area contributed by atoms with E-state index in [1.165, 1.54) is 38.6 Å². The molecule has 14 heavy (non-hydrogen) atoms. The van der Waals surface area contributed by atoms with Gasteiger partial charge in [0.2, 0.25) is 0 Å². The molecule has 0 N–H and O–H groups in total. The van der Waals surface area contributed by atoms with Crippen molar-refractivity contribution >= 4 is 6.21 Å². The normalized spacial score (nSPS) is 35.4. The summed E-state index contributed by atoms with van der Waals surface area (Å²) >= 11 is 0. The van der Waals surface area contributed by atoms with Crippen LogP contribution in [0.2, 0.25) is 0 Å². The van der Waals surface area contributed by atoms with Crippen molar-refractivity contribution in [3.05, 3.63) is 23.8 Å². The van der Waals surface area contributed by atoms with Gasteiger partial charge in [-0.2, -0.15) is 0 Å². The molecule has 1 nitrogen and oxygen atoms in total. The molecule has 2 heterocycles. The Hall–Kier alpha value is -0.850. The molecule has 0 spiro atoms. The summed E-state index contributed by atoms with van der Waals surface area (Å²) in [6, 6.07) is 0.827. The molecule has 2 aliphatic heterocycles. The average molecular weight is 188 g/mol. The van der Waals surface area contributed by atoms with Gasteiger partial charge in [-0.3, -0.25) is 0 Å². The minimum atomic E-state index is 0.827. The van der Waals surface area contributed by atoms with Crippen molar-refractivity contribution in [1.82, 2.24) is 0 Å². The molecule has 0 aromatic carbocycles. The van der Waals surface area contributed by atoms with Crippen LogP contribution in [-0.2, 0) is 0 Å². The largest absolute Gasteiger partial charge is 0.236 e. The molecule has 1 aliphatic carbocycles. The first-order chi connectivity index (χ1) is 6.95. The minimum absolute atomic E-state index is 0.827. The van der Waals surface area contributed by atoms with Crippen molar-refractivity contribution in [3.8, 4) is 0 Å². The molecular weight excluding hydrogens is 170 g/mol. The number of hydrogen-bond acceptors (Lipinski definition) is 0. The van der Waals surface area contributed by atoms with Gasteiger partial charge in [-0.05, 0) is 12.8 Å². The predicted molar refractivity (Wildman–Crippen MR) is 58.8 cm³/mol. The zero-order chi connectivity index (χ0) is 9.38. The Kier molecular flexibility index (Phi) is 2.04. The molecule has 3 aliphatic rings. The van der Waals surface area contributed by atoms with E-state index < -0.39 is 0 Å². The van der Waals surface area contributed by atoms with Gasteiger partial charge in [0.05, 0.1) is 0 Å². The van der Waals surface area contributed by atoms with Gasteiger partial charge in [-0.15, -0.1) is 0 Å². The van der Waals surface area contributed by atoms with Gasteiger partial charge in [-0.25, -0.2) is 4.58 Å². The lowest BCUT2D eigenvalue weighted by Gasteiger charge is -2.33. The van der Waals surface area contributed by atoms with Crippen LogP contribution in [0.1, 0.15) is 32.1 Å². The summed E-state index contributed by atoms with van der Waals surface area (Å²) < 4.78 is 2.62. The van der Waals surface area contributed by atoms with E-state index in [0.29, 0.717) is 0 Å². The fourth-order valence-corrected chi connectivity index (χ4v) is 3.18. The molecule has 0 aromatic heterocycles. The van der Waals surface area contributed by atoms with Gasteiger partial charge < -0.3 is 0 Å². The summed E-state index contributed by atoms with van der Waals surface area (Å²) in [6.45, 7) is 1.30. The number of allylic oxidation sites excluding steroid dienone is 3. The highest BCUT2D eigenvalue weighted by molar-refractivity contribution is 5.58. The van der Waals surface area contributed by atoms with E-state index in [-0.39, 0.29) is 0 Å². The highest BCUT2D eigenvalue weighted by Gasteiger charge is 2.37. The van der Waals surface area contributed by atoms with Crippen LogP contribution in [0.3, 0.4) is 0 Å². The molecule has 0 saturated carbocycles. The van der Waals surface area contributed by atoms with E-state index in [1.54, 1.807) is 5.57 Å². The zero-order valence-corrected chi connectivity index (χ0v) is 8.65. The van der Waals surface area contributed by atoms with E-state index in [0.717, 1.165) is 12.0 Å². The maximum Gasteiger partial charge on any atom is 0.159 e. The van der Waals surface area contributed by atoms with Crippen molar-refractivity contribution < 1.29 is 4.58 Å². The van der Waals surface area contributed by atoms with E-state index in [2.05, 4.69) is 29.0 Å². The first-order valence-corrected chi connectivity index (χ1v) is 5.90. The van der Waals surface area contributed by atoms with Crippen molar-refractivity contribution in [1.29, 1.82) is 0 Å². The summed E-state index contributed by atoms with van der Waals surface area (Å²) in [4.78, 5) is 0. The molecule has 0 bridgehead atoms. The van der Waals surface area contributed by atoms with Crippen LogP contribution in [0, 0.1) is 5.92 Å². The number of rotatable bonds is 0. The fourth-order valence-electron chi connectivity index (χ4n) is 3.18. The molecular formula is C13H18N+. The topological polar surface area (TPSA) is 3.01 Å². The van der Waals surface area contributed by atoms with E-state index in [9.17, 15) is 0 Å². The third kappa shape index (κ3) is 1.26.